The van der Waals surface area contributed by atoms with Crippen LogP contribution in [-0.4, -0.2) is 15.9 Å². The molecule has 0 bridgehead atoms. The van der Waals surface area contributed by atoms with Crippen molar-refractivity contribution in [1.82, 2.24) is 5.32 Å². The van der Waals surface area contributed by atoms with Crippen LogP contribution in [-0.2, 0) is 17.8 Å². The number of hydrogen-bond acceptors (Lipinski definition) is 6. The predicted molar refractivity (Wildman–Crippen MR) is 101 cm³/mol. The first-order chi connectivity index (χ1) is 12.5. The predicted octanol–water partition coefficient (Wildman–Crippen LogP) is 3.66. The second-order valence-electron chi connectivity index (χ2n) is 5.64. The second kappa shape index (κ2) is 8.22. The van der Waals surface area contributed by atoms with Crippen molar-refractivity contribution in [2.75, 3.05) is 0 Å². The normalized spacial score (nSPS) is 11.9. The zero-order valence-corrected chi connectivity index (χ0v) is 15.3. The van der Waals surface area contributed by atoms with Gasteiger partial charge in [0.25, 0.3) is 5.69 Å². The number of non-ortho nitro benzene ring substituents is 1. The molecule has 1 unspecified atom stereocenters. The van der Waals surface area contributed by atoms with Crippen LogP contribution in [0.2, 0.25) is 0 Å². The van der Waals surface area contributed by atoms with E-state index in [2.05, 4.69) is 5.32 Å². The van der Waals surface area contributed by atoms with Gasteiger partial charge >= 0.3 is 0 Å². The Hall–Kier alpha value is -2.55. The van der Waals surface area contributed by atoms with Gasteiger partial charge in [0.15, 0.2) is 0 Å². The summed E-state index contributed by atoms with van der Waals surface area (Å²) in [5, 5.41) is 27.6. The number of nitro groups is 1. The average Bonchev–Trinajstić information content (AvgIpc) is 3.32. The molecule has 2 heterocycles. The molecule has 0 saturated heterocycles. The van der Waals surface area contributed by atoms with Gasteiger partial charge in [0, 0.05) is 21.9 Å². The summed E-state index contributed by atoms with van der Waals surface area (Å²) in [7, 11) is 0. The maximum Gasteiger partial charge on any atom is 0.269 e. The highest BCUT2D eigenvalue weighted by Crippen LogP contribution is 2.29. The van der Waals surface area contributed by atoms with Crippen LogP contribution in [0.1, 0.15) is 27.0 Å². The van der Waals surface area contributed by atoms with Crippen molar-refractivity contribution < 1.29 is 14.8 Å². The number of carbonyl (C=O) groups is 1. The first-order valence-electron chi connectivity index (χ1n) is 7.82. The Kier molecular flexibility index (Phi) is 5.77. The van der Waals surface area contributed by atoms with E-state index in [1.165, 1.54) is 34.8 Å². The van der Waals surface area contributed by atoms with Crippen LogP contribution in [0.15, 0.2) is 53.2 Å². The van der Waals surface area contributed by atoms with Crippen molar-refractivity contribution in [3.05, 3.63) is 84.2 Å². The molecular formula is C18H16N2O4S2. The van der Waals surface area contributed by atoms with Crippen molar-refractivity contribution in [1.29, 1.82) is 0 Å². The van der Waals surface area contributed by atoms with E-state index in [4.69, 9.17) is 0 Å². The van der Waals surface area contributed by atoms with Crippen molar-refractivity contribution in [3.63, 3.8) is 0 Å². The molecule has 0 spiro atoms. The van der Waals surface area contributed by atoms with Gasteiger partial charge in [-0.2, -0.15) is 11.3 Å². The highest BCUT2D eigenvalue weighted by molar-refractivity contribution is 7.12. The third-order valence-corrected chi connectivity index (χ3v) is 5.62. The van der Waals surface area contributed by atoms with Gasteiger partial charge in [-0.15, -0.1) is 11.3 Å². The Morgan fingerprint density at radius 1 is 1.19 bits per heavy atom. The van der Waals surface area contributed by atoms with Crippen molar-refractivity contribution in [2.24, 2.45) is 0 Å². The SMILES string of the molecule is O=C(Cc1ccc([N+](=O)[O-])cc1)NCc1ccc(C(O)c2ccsc2)s1. The summed E-state index contributed by atoms with van der Waals surface area (Å²) in [6.07, 6.45) is -0.482. The molecule has 2 N–H and O–H groups in total. The lowest BCUT2D eigenvalue weighted by atomic mass is 10.1. The van der Waals surface area contributed by atoms with Gasteiger partial charge in [0.1, 0.15) is 6.10 Å². The minimum absolute atomic E-state index is 0.00412. The minimum atomic E-state index is -0.643. The molecule has 0 radical (unpaired) electrons. The van der Waals surface area contributed by atoms with E-state index in [0.717, 1.165) is 15.3 Å². The molecule has 0 aliphatic rings. The topological polar surface area (TPSA) is 92.5 Å². The molecule has 8 heteroatoms. The Morgan fingerprint density at radius 3 is 2.62 bits per heavy atom. The highest BCUT2D eigenvalue weighted by atomic mass is 32.1. The average molecular weight is 388 g/mol. The zero-order chi connectivity index (χ0) is 18.5. The molecule has 1 aromatic carbocycles. The van der Waals surface area contributed by atoms with Gasteiger partial charge in [0.05, 0.1) is 17.9 Å². The molecule has 1 atom stereocenters. The molecule has 0 fully saturated rings. The summed E-state index contributed by atoms with van der Waals surface area (Å²) >= 11 is 2.99. The number of thiophene rings is 2. The number of carbonyl (C=O) groups excluding carboxylic acids is 1. The summed E-state index contributed by atoms with van der Waals surface area (Å²) in [6, 6.07) is 11.6. The van der Waals surface area contributed by atoms with E-state index in [1.54, 1.807) is 12.1 Å². The van der Waals surface area contributed by atoms with Crippen LogP contribution in [0.25, 0.3) is 0 Å². The van der Waals surface area contributed by atoms with Crippen LogP contribution in [0.4, 0.5) is 5.69 Å². The number of nitrogens with zero attached hydrogens (tertiary/aromatic N) is 1. The van der Waals surface area contributed by atoms with Gasteiger partial charge in [-0.1, -0.05) is 12.1 Å². The van der Waals surface area contributed by atoms with Crippen molar-refractivity contribution in [2.45, 2.75) is 19.1 Å². The van der Waals surface area contributed by atoms with Gasteiger partial charge in [-0.05, 0) is 40.1 Å². The molecule has 3 aromatic rings. The molecule has 6 nitrogen and oxygen atoms in total. The monoisotopic (exact) mass is 388 g/mol. The third kappa shape index (κ3) is 4.54. The molecule has 134 valence electrons. The standard InChI is InChI=1S/C18H16N2O4S2/c21-17(9-12-1-3-14(4-2-12)20(23)24)19-10-15-5-6-16(26-15)18(22)13-7-8-25-11-13/h1-8,11,18,22H,9-10H2,(H,19,21). The Bertz CT molecular complexity index is 888. The zero-order valence-electron chi connectivity index (χ0n) is 13.6. The number of hydrogen-bond donors (Lipinski definition) is 2. The van der Waals surface area contributed by atoms with Crippen LogP contribution >= 0.6 is 22.7 Å². The summed E-state index contributed by atoms with van der Waals surface area (Å²) in [6.45, 7) is 0.382. The fourth-order valence-electron chi connectivity index (χ4n) is 2.40. The number of nitrogens with one attached hydrogen (secondary N) is 1. The number of aliphatic hydroxyl groups is 1. The van der Waals surface area contributed by atoms with Gasteiger partial charge in [-0.3, -0.25) is 14.9 Å². The molecule has 0 saturated carbocycles. The Morgan fingerprint density at radius 2 is 1.96 bits per heavy atom. The maximum atomic E-state index is 12.0. The molecule has 26 heavy (non-hydrogen) atoms. The summed E-state index contributed by atoms with van der Waals surface area (Å²) in [5.41, 5.74) is 1.59. The molecule has 2 aromatic heterocycles. The number of benzene rings is 1. The highest BCUT2D eigenvalue weighted by Gasteiger charge is 2.14. The summed E-state index contributed by atoms with van der Waals surface area (Å²) < 4.78 is 0. The fraction of sp³-hybridized carbons (Fsp3) is 0.167. The lowest BCUT2D eigenvalue weighted by molar-refractivity contribution is -0.384. The molecule has 1 amide bonds. The Labute approximate surface area is 157 Å². The molecule has 3 rings (SSSR count). The van der Waals surface area contributed by atoms with E-state index in [-0.39, 0.29) is 18.0 Å². The van der Waals surface area contributed by atoms with Gasteiger partial charge < -0.3 is 10.4 Å². The fourth-order valence-corrected chi connectivity index (χ4v) is 4.05. The maximum absolute atomic E-state index is 12.0. The number of aliphatic hydroxyl groups excluding tert-OH is 1. The largest absolute Gasteiger partial charge is 0.383 e. The van der Waals surface area contributed by atoms with Crippen LogP contribution in [0.3, 0.4) is 0 Å². The first-order valence-corrected chi connectivity index (χ1v) is 9.57. The first kappa shape index (κ1) is 18.2. The minimum Gasteiger partial charge on any atom is -0.383 e. The quantitative estimate of drug-likeness (QED) is 0.477. The van der Waals surface area contributed by atoms with E-state index < -0.39 is 11.0 Å². The van der Waals surface area contributed by atoms with E-state index in [0.29, 0.717) is 12.1 Å². The van der Waals surface area contributed by atoms with Crippen LogP contribution in [0.5, 0.6) is 0 Å². The van der Waals surface area contributed by atoms with E-state index >= 15 is 0 Å². The lowest BCUT2D eigenvalue weighted by Gasteiger charge is -2.06. The summed E-state index contributed by atoms with van der Waals surface area (Å²) in [4.78, 5) is 24.0. The smallest absolute Gasteiger partial charge is 0.269 e. The summed E-state index contributed by atoms with van der Waals surface area (Å²) in [5.74, 6) is -0.160. The molecule has 0 aliphatic heterocycles. The van der Waals surface area contributed by atoms with Gasteiger partial charge in [0.2, 0.25) is 5.91 Å². The van der Waals surface area contributed by atoms with Crippen molar-refractivity contribution >= 4 is 34.3 Å². The number of amides is 1. The lowest BCUT2D eigenvalue weighted by Crippen LogP contribution is -2.24. The number of nitro benzene ring substituents is 1. The third-order valence-electron chi connectivity index (χ3n) is 3.78. The van der Waals surface area contributed by atoms with Crippen LogP contribution < -0.4 is 5.32 Å². The molecular weight excluding hydrogens is 372 g/mol. The van der Waals surface area contributed by atoms with E-state index in [1.807, 2.05) is 29.0 Å². The Balaban J connectivity index is 1.52. The number of rotatable bonds is 7. The van der Waals surface area contributed by atoms with Crippen LogP contribution in [0, 0.1) is 10.1 Å². The molecule has 0 aliphatic carbocycles. The second-order valence-corrected chi connectivity index (χ2v) is 7.62. The van der Waals surface area contributed by atoms with Crippen molar-refractivity contribution in [3.8, 4) is 0 Å². The van der Waals surface area contributed by atoms with E-state index in [9.17, 15) is 20.0 Å². The van der Waals surface area contributed by atoms with Gasteiger partial charge in [-0.25, -0.2) is 0 Å².